The number of halogens is 1. The van der Waals surface area contributed by atoms with Crippen molar-refractivity contribution in [3.05, 3.63) is 81.0 Å². The molecule has 0 saturated heterocycles. The lowest BCUT2D eigenvalue weighted by molar-refractivity contribution is 0.0601. The number of amides is 1. The van der Waals surface area contributed by atoms with E-state index in [1.165, 1.54) is 42.7 Å². The Morgan fingerprint density at radius 1 is 1.10 bits per heavy atom. The van der Waals surface area contributed by atoms with Crippen LogP contribution in [0.5, 0.6) is 5.88 Å². The van der Waals surface area contributed by atoms with Crippen molar-refractivity contribution in [1.82, 2.24) is 4.57 Å². The number of anilines is 1. The number of aromatic hydroxyl groups is 1. The van der Waals surface area contributed by atoms with Crippen LogP contribution in [0, 0.1) is 0 Å². The summed E-state index contributed by atoms with van der Waals surface area (Å²) in [5, 5.41) is 15.9. The number of carbonyl (C=O) groups excluding carboxylic acids is 3. The first-order chi connectivity index (χ1) is 14.9. The summed E-state index contributed by atoms with van der Waals surface area (Å²) in [4.78, 5) is 38.6. The van der Waals surface area contributed by atoms with E-state index in [4.69, 9.17) is 16.3 Å². The third-order valence-corrected chi connectivity index (χ3v) is 5.76. The van der Waals surface area contributed by atoms with Gasteiger partial charge in [-0.25, -0.2) is 14.2 Å². The van der Waals surface area contributed by atoms with E-state index in [0.717, 1.165) is 4.57 Å². The number of methoxy groups -OCH3 is 1. The van der Waals surface area contributed by atoms with Gasteiger partial charge in [0.1, 0.15) is 0 Å². The van der Waals surface area contributed by atoms with Crippen molar-refractivity contribution in [2.75, 3.05) is 12.4 Å². The minimum absolute atomic E-state index is 0.0312. The number of hydrogen-bond acceptors (Lipinski definition) is 6. The van der Waals surface area contributed by atoms with Crippen LogP contribution >= 0.6 is 22.9 Å². The van der Waals surface area contributed by atoms with E-state index in [-0.39, 0.29) is 22.3 Å². The van der Waals surface area contributed by atoms with E-state index < -0.39 is 23.7 Å². The van der Waals surface area contributed by atoms with E-state index in [2.05, 4.69) is 5.32 Å². The highest BCUT2D eigenvalue weighted by atomic mass is 35.5. The molecule has 0 aliphatic rings. The summed E-state index contributed by atoms with van der Waals surface area (Å²) in [6.45, 7) is 0. The van der Waals surface area contributed by atoms with Crippen molar-refractivity contribution in [2.24, 2.45) is 0 Å². The molecular formula is C22H15ClN2O5S. The molecule has 2 aromatic heterocycles. The summed E-state index contributed by atoms with van der Waals surface area (Å²) in [6, 6.07) is 13.5. The standard InChI is InChI=1S/C22H15ClN2O5S/c1-30-21(28)13-5-2-3-6-15(13)24-22(29)25-16-9-8-12(23)11-14(16)18(20(25)27)19(26)17-7-4-10-31-17/h2-11,27H,1H3,(H,24,29). The fourth-order valence-electron chi connectivity index (χ4n) is 3.26. The van der Waals surface area contributed by atoms with Gasteiger partial charge < -0.3 is 15.2 Å². The second-order valence-electron chi connectivity index (χ2n) is 6.47. The first kappa shape index (κ1) is 20.6. The van der Waals surface area contributed by atoms with Crippen LogP contribution in [0.3, 0.4) is 0 Å². The third-order valence-electron chi connectivity index (χ3n) is 4.65. The Morgan fingerprint density at radius 3 is 2.58 bits per heavy atom. The molecule has 0 fully saturated rings. The summed E-state index contributed by atoms with van der Waals surface area (Å²) in [5.41, 5.74) is 0.596. The Bertz CT molecular complexity index is 1330. The first-order valence-electron chi connectivity index (χ1n) is 9.02. The van der Waals surface area contributed by atoms with Gasteiger partial charge >= 0.3 is 12.0 Å². The van der Waals surface area contributed by atoms with E-state index >= 15 is 0 Å². The molecule has 7 nitrogen and oxygen atoms in total. The summed E-state index contributed by atoms with van der Waals surface area (Å²) < 4.78 is 5.72. The number of ether oxygens (including phenoxy) is 1. The molecule has 0 spiro atoms. The Labute approximate surface area is 185 Å². The quantitative estimate of drug-likeness (QED) is 0.328. The number of esters is 1. The van der Waals surface area contributed by atoms with Gasteiger partial charge in [-0.2, -0.15) is 0 Å². The lowest BCUT2D eigenvalue weighted by Crippen LogP contribution is -2.21. The second kappa shape index (κ2) is 8.25. The molecule has 4 rings (SSSR count). The van der Waals surface area contributed by atoms with Crippen molar-refractivity contribution < 1.29 is 24.2 Å². The van der Waals surface area contributed by atoms with Crippen LogP contribution in [0.1, 0.15) is 25.6 Å². The highest BCUT2D eigenvalue weighted by Crippen LogP contribution is 2.35. The van der Waals surface area contributed by atoms with E-state index in [9.17, 15) is 19.5 Å². The van der Waals surface area contributed by atoms with Gasteiger partial charge in [0.05, 0.1) is 34.3 Å². The zero-order valence-electron chi connectivity index (χ0n) is 16.1. The maximum Gasteiger partial charge on any atom is 0.339 e. The highest BCUT2D eigenvalue weighted by Gasteiger charge is 2.27. The number of carbonyl (C=O) groups is 3. The Kier molecular flexibility index (Phi) is 5.50. The van der Waals surface area contributed by atoms with Crippen molar-refractivity contribution in [1.29, 1.82) is 0 Å². The zero-order chi connectivity index (χ0) is 22.1. The molecular weight excluding hydrogens is 440 g/mol. The number of thiophene rings is 1. The largest absolute Gasteiger partial charge is 0.494 e. The van der Waals surface area contributed by atoms with E-state index in [1.54, 1.807) is 35.7 Å². The van der Waals surface area contributed by atoms with Gasteiger partial charge in [0.15, 0.2) is 0 Å². The van der Waals surface area contributed by atoms with Crippen LogP contribution in [0.15, 0.2) is 60.0 Å². The van der Waals surface area contributed by atoms with Crippen molar-refractivity contribution in [3.63, 3.8) is 0 Å². The van der Waals surface area contributed by atoms with Crippen LogP contribution < -0.4 is 5.32 Å². The number of aromatic nitrogens is 1. The normalized spacial score (nSPS) is 10.8. The lowest BCUT2D eigenvalue weighted by atomic mass is 10.1. The van der Waals surface area contributed by atoms with Crippen LogP contribution in [0.4, 0.5) is 10.5 Å². The molecule has 0 unspecified atom stereocenters. The third kappa shape index (κ3) is 3.67. The number of para-hydroxylation sites is 1. The molecule has 4 aromatic rings. The number of ketones is 1. The SMILES string of the molecule is COC(=O)c1ccccc1NC(=O)n1c(O)c(C(=O)c2cccs2)c2cc(Cl)ccc21. The van der Waals surface area contributed by atoms with Gasteiger partial charge in [0.2, 0.25) is 11.7 Å². The second-order valence-corrected chi connectivity index (χ2v) is 7.85. The monoisotopic (exact) mass is 454 g/mol. The van der Waals surface area contributed by atoms with Crippen LogP contribution in [0.25, 0.3) is 10.9 Å². The predicted octanol–water partition coefficient (Wildman–Crippen LogP) is 5.16. The molecule has 2 N–H and O–H groups in total. The van der Waals surface area contributed by atoms with Gasteiger partial charge in [-0.1, -0.05) is 29.8 Å². The maximum absolute atomic E-state index is 13.1. The van der Waals surface area contributed by atoms with Crippen LogP contribution in [-0.4, -0.2) is 34.6 Å². The Morgan fingerprint density at radius 2 is 1.87 bits per heavy atom. The van der Waals surface area contributed by atoms with Crippen LogP contribution in [0.2, 0.25) is 5.02 Å². The molecule has 2 aromatic carbocycles. The molecule has 0 radical (unpaired) electrons. The van der Waals surface area contributed by atoms with Gasteiger partial charge in [0, 0.05) is 10.4 Å². The molecule has 156 valence electrons. The minimum Gasteiger partial charge on any atom is -0.494 e. The van der Waals surface area contributed by atoms with E-state index in [0.29, 0.717) is 15.3 Å². The smallest absolute Gasteiger partial charge is 0.339 e. The predicted molar refractivity (Wildman–Crippen MR) is 119 cm³/mol. The molecule has 31 heavy (non-hydrogen) atoms. The van der Waals surface area contributed by atoms with Crippen LogP contribution in [-0.2, 0) is 4.74 Å². The van der Waals surface area contributed by atoms with Crippen molar-refractivity contribution >= 4 is 57.3 Å². The number of nitrogens with zero attached hydrogens (tertiary/aromatic N) is 1. The van der Waals surface area contributed by atoms with Gasteiger partial charge in [-0.15, -0.1) is 11.3 Å². The van der Waals surface area contributed by atoms with Gasteiger partial charge in [-0.3, -0.25) is 4.79 Å². The zero-order valence-corrected chi connectivity index (χ0v) is 17.7. The minimum atomic E-state index is -0.758. The Hall–Kier alpha value is -3.62. The highest BCUT2D eigenvalue weighted by molar-refractivity contribution is 7.12. The average Bonchev–Trinajstić information content (AvgIpc) is 3.39. The molecule has 0 bridgehead atoms. The topological polar surface area (TPSA) is 97.6 Å². The average molecular weight is 455 g/mol. The summed E-state index contributed by atoms with van der Waals surface area (Å²) in [7, 11) is 1.23. The number of rotatable bonds is 4. The van der Waals surface area contributed by atoms with Gasteiger partial charge in [-0.05, 0) is 41.8 Å². The molecule has 0 atom stereocenters. The number of nitrogens with one attached hydrogen (secondary N) is 1. The maximum atomic E-state index is 13.1. The summed E-state index contributed by atoms with van der Waals surface area (Å²) >= 11 is 7.33. The lowest BCUT2D eigenvalue weighted by Gasteiger charge is -2.11. The number of fused-ring (bicyclic) bond motifs is 1. The summed E-state index contributed by atoms with van der Waals surface area (Å²) in [6.07, 6.45) is 0. The Balaban J connectivity index is 1.84. The van der Waals surface area contributed by atoms with E-state index in [1.807, 2.05) is 0 Å². The molecule has 0 aliphatic heterocycles. The molecule has 2 heterocycles. The summed E-state index contributed by atoms with van der Waals surface area (Å²) in [5.74, 6) is -1.58. The van der Waals surface area contributed by atoms with Gasteiger partial charge in [0.25, 0.3) is 0 Å². The molecule has 9 heteroatoms. The first-order valence-corrected chi connectivity index (χ1v) is 10.3. The molecule has 1 amide bonds. The fourth-order valence-corrected chi connectivity index (χ4v) is 4.10. The number of benzene rings is 2. The molecule has 0 aliphatic carbocycles. The fraction of sp³-hybridized carbons (Fsp3) is 0.0455. The number of hydrogen-bond donors (Lipinski definition) is 2. The molecule has 0 saturated carbocycles. The van der Waals surface area contributed by atoms with Crippen molar-refractivity contribution in [2.45, 2.75) is 0 Å². The van der Waals surface area contributed by atoms with Crippen molar-refractivity contribution in [3.8, 4) is 5.88 Å².